The fourth-order valence-corrected chi connectivity index (χ4v) is 2.91. The van der Waals surface area contributed by atoms with Crippen LogP contribution in [0.25, 0.3) is 0 Å². The monoisotopic (exact) mass is 282 g/mol. The van der Waals surface area contributed by atoms with Crippen molar-refractivity contribution < 1.29 is 4.92 Å². The second-order valence-corrected chi connectivity index (χ2v) is 5.62. The Labute approximate surface area is 118 Å². The van der Waals surface area contributed by atoms with E-state index in [1.807, 2.05) is 0 Å². The van der Waals surface area contributed by atoms with E-state index in [0.717, 1.165) is 24.6 Å². The molecule has 1 unspecified atom stereocenters. The molecule has 1 aromatic carbocycles. The highest BCUT2D eigenvalue weighted by atomic mass is 35.5. The lowest BCUT2D eigenvalue weighted by Crippen LogP contribution is -2.20. The van der Waals surface area contributed by atoms with Crippen LogP contribution < -0.4 is 0 Å². The molecule has 104 valence electrons. The summed E-state index contributed by atoms with van der Waals surface area (Å²) in [6.45, 7) is 5.05. The first-order chi connectivity index (χ1) is 9.10. The third-order valence-electron chi connectivity index (χ3n) is 3.70. The number of benzene rings is 1. The zero-order valence-electron chi connectivity index (χ0n) is 11.1. The van der Waals surface area contributed by atoms with Gasteiger partial charge >= 0.3 is 0 Å². The molecule has 4 nitrogen and oxygen atoms in total. The highest BCUT2D eigenvalue weighted by Crippen LogP contribution is 2.27. The van der Waals surface area contributed by atoms with Crippen LogP contribution in [0.4, 0.5) is 5.69 Å². The van der Waals surface area contributed by atoms with E-state index in [1.54, 1.807) is 12.1 Å². The van der Waals surface area contributed by atoms with Gasteiger partial charge < -0.3 is 0 Å². The minimum atomic E-state index is -0.371. The summed E-state index contributed by atoms with van der Waals surface area (Å²) in [7, 11) is 0. The highest BCUT2D eigenvalue weighted by molar-refractivity contribution is 6.31. The SMILES string of the molecule is CCCC1CCN(Cc2cc([N+](=O)[O-])ccc2Cl)C1. The molecule has 5 heteroatoms. The number of rotatable bonds is 5. The van der Waals surface area contributed by atoms with Crippen molar-refractivity contribution in [2.45, 2.75) is 32.7 Å². The third kappa shape index (κ3) is 3.67. The molecular weight excluding hydrogens is 264 g/mol. The predicted octanol–water partition coefficient (Wildman–Crippen LogP) is 3.87. The first-order valence-corrected chi connectivity index (χ1v) is 7.13. The minimum Gasteiger partial charge on any atom is -0.299 e. The minimum absolute atomic E-state index is 0.115. The smallest absolute Gasteiger partial charge is 0.269 e. The van der Waals surface area contributed by atoms with E-state index in [2.05, 4.69) is 11.8 Å². The van der Waals surface area contributed by atoms with Gasteiger partial charge in [0.2, 0.25) is 0 Å². The van der Waals surface area contributed by atoms with Gasteiger partial charge in [0.05, 0.1) is 4.92 Å². The first kappa shape index (κ1) is 14.3. The molecule has 1 heterocycles. The second-order valence-electron chi connectivity index (χ2n) is 5.21. The summed E-state index contributed by atoms with van der Waals surface area (Å²) in [5.74, 6) is 0.766. The Morgan fingerprint density at radius 1 is 1.53 bits per heavy atom. The van der Waals surface area contributed by atoms with Gasteiger partial charge in [-0.15, -0.1) is 0 Å². The van der Waals surface area contributed by atoms with Crippen molar-refractivity contribution >= 4 is 17.3 Å². The van der Waals surface area contributed by atoms with Crippen molar-refractivity contribution in [3.63, 3.8) is 0 Å². The molecule has 0 amide bonds. The molecule has 0 aromatic heterocycles. The van der Waals surface area contributed by atoms with Crippen LogP contribution in [0.1, 0.15) is 31.7 Å². The van der Waals surface area contributed by atoms with Crippen LogP contribution in [0.5, 0.6) is 0 Å². The van der Waals surface area contributed by atoms with Crippen LogP contribution in [-0.2, 0) is 6.54 Å². The Bertz CT molecular complexity index is 465. The van der Waals surface area contributed by atoms with Gasteiger partial charge in [-0.3, -0.25) is 15.0 Å². The van der Waals surface area contributed by atoms with E-state index in [-0.39, 0.29) is 10.6 Å². The van der Waals surface area contributed by atoms with Crippen molar-refractivity contribution in [1.82, 2.24) is 4.90 Å². The largest absolute Gasteiger partial charge is 0.299 e. The Balaban J connectivity index is 2.03. The van der Waals surface area contributed by atoms with Crippen LogP contribution >= 0.6 is 11.6 Å². The molecule has 0 aliphatic carbocycles. The molecule has 0 N–H and O–H groups in total. The van der Waals surface area contributed by atoms with E-state index in [1.165, 1.54) is 25.3 Å². The molecule has 0 bridgehead atoms. The summed E-state index contributed by atoms with van der Waals surface area (Å²) >= 11 is 6.13. The lowest BCUT2D eigenvalue weighted by Gasteiger charge is -2.16. The maximum absolute atomic E-state index is 10.8. The zero-order valence-corrected chi connectivity index (χ0v) is 11.9. The second kappa shape index (κ2) is 6.35. The number of nitrogens with zero attached hydrogens (tertiary/aromatic N) is 2. The van der Waals surface area contributed by atoms with Crippen LogP contribution in [0.2, 0.25) is 5.02 Å². The molecule has 1 aromatic rings. The van der Waals surface area contributed by atoms with E-state index in [4.69, 9.17) is 11.6 Å². The summed E-state index contributed by atoms with van der Waals surface area (Å²) in [5, 5.41) is 11.4. The third-order valence-corrected chi connectivity index (χ3v) is 4.07. The molecule has 1 atom stereocenters. The average molecular weight is 283 g/mol. The molecule has 1 aliphatic rings. The summed E-state index contributed by atoms with van der Waals surface area (Å²) in [5.41, 5.74) is 0.969. The van der Waals surface area contributed by atoms with Gasteiger partial charge in [0.1, 0.15) is 0 Å². The first-order valence-electron chi connectivity index (χ1n) is 6.75. The molecular formula is C14H19ClN2O2. The van der Waals surface area contributed by atoms with E-state index < -0.39 is 0 Å². The predicted molar refractivity (Wildman–Crippen MR) is 76.4 cm³/mol. The number of non-ortho nitro benzene ring substituents is 1. The highest BCUT2D eigenvalue weighted by Gasteiger charge is 2.22. The van der Waals surface area contributed by atoms with Crippen molar-refractivity contribution in [3.05, 3.63) is 38.9 Å². The lowest BCUT2D eigenvalue weighted by molar-refractivity contribution is -0.384. The van der Waals surface area contributed by atoms with Crippen LogP contribution in [-0.4, -0.2) is 22.9 Å². The van der Waals surface area contributed by atoms with Crippen LogP contribution in [0.15, 0.2) is 18.2 Å². The van der Waals surface area contributed by atoms with Gasteiger partial charge in [-0.25, -0.2) is 0 Å². The van der Waals surface area contributed by atoms with Crippen LogP contribution in [0.3, 0.4) is 0 Å². The fourth-order valence-electron chi connectivity index (χ4n) is 2.74. The molecule has 19 heavy (non-hydrogen) atoms. The molecule has 0 saturated carbocycles. The summed E-state index contributed by atoms with van der Waals surface area (Å²) in [4.78, 5) is 12.8. The van der Waals surface area contributed by atoms with Gasteiger partial charge in [-0.05, 0) is 36.9 Å². The topological polar surface area (TPSA) is 46.4 Å². The van der Waals surface area contributed by atoms with Gasteiger partial charge in [-0.1, -0.05) is 24.9 Å². The number of hydrogen-bond donors (Lipinski definition) is 0. The molecule has 1 saturated heterocycles. The molecule has 0 spiro atoms. The molecule has 1 aliphatic heterocycles. The van der Waals surface area contributed by atoms with Gasteiger partial charge in [-0.2, -0.15) is 0 Å². The van der Waals surface area contributed by atoms with Gasteiger partial charge in [0, 0.05) is 30.2 Å². The van der Waals surface area contributed by atoms with E-state index in [9.17, 15) is 10.1 Å². The van der Waals surface area contributed by atoms with Gasteiger partial charge in [0.25, 0.3) is 5.69 Å². The summed E-state index contributed by atoms with van der Waals surface area (Å²) < 4.78 is 0. The normalized spacial score (nSPS) is 19.8. The average Bonchev–Trinajstić information content (AvgIpc) is 2.80. The summed E-state index contributed by atoms with van der Waals surface area (Å²) in [6, 6.07) is 4.67. The van der Waals surface area contributed by atoms with Crippen molar-refractivity contribution in [3.8, 4) is 0 Å². The van der Waals surface area contributed by atoms with Crippen molar-refractivity contribution in [1.29, 1.82) is 0 Å². The number of halogens is 1. The Morgan fingerprint density at radius 3 is 3.00 bits per heavy atom. The molecule has 2 rings (SSSR count). The number of likely N-dealkylation sites (tertiary alicyclic amines) is 1. The van der Waals surface area contributed by atoms with Crippen molar-refractivity contribution in [2.75, 3.05) is 13.1 Å². The summed E-state index contributed by atoms with van der Waals surface area (Å²) in [6.07, 6.45) is 3.70. The quantitative estimate of drug-likeness (QED) is 0.608. The number of hydrogen-bond acceptors (Lipinski definition) is 3. The Morgan fingerprint density at radius 2 is 2.32 bits per heavy atom. The van der Waals surface area contributed by atoms with E-state index >= 15 is 0 Å². The number of nitro benzene ring substituents is 1. The lowest BCUT2D eigenvalue weighted by atomic mass is 10.0. The maximum atomic E-state index is 10.8. The fraction of sp³-hybridized carbons (Fsp3) is 0.571. The van der Waals surface area contributed by atoms with Crippen LogP contribution in [0, 0.1) is 16.0 Å². The standard InChI is InChI=1S/C14H19ClN2O2/c1-2-3-11-6-7-16(9-11)10-12-8-13(17(18)19)4-5-14(12)15/h4-5,8,11H,2-3,6-7,9-10H2,1H3. The Kier molecular flexibility index (Phi) is 4.77. The Hall–Kier alpha value is -1.13. The molecule has 1 fully saturated rings. The molecule has 0 radical (unpaired) electrons. The van der Waals surface area contributed by atoms with Gasteiger partial charge in [0.15, 0.2) is 0 Å². The van der Waals surface area contributed by atoms with E-state index in [0.29, 0.717) is 11.6 Å². The van der Waals surface area contributed by atoms with Crippen molar-refractivity contribution in [2.24, 2.45) is 5.92 Å². The maximum Gasteiger partial charge on any atom is 0.269 e. The zero-order chi connectivity index (χ0) is 13.8. The number of nitro groups is 1.